The Bertz CT molecular complexity index is 628. The summed E-state index contributed by atoms with van der Waals surface area (Å²) in [6.45, 7) is 1.45. The van der Waals surface area contributed by atoms with Gasteiger partial charge in [0.25, 0.3) is 0 Å². The molecular formula is C18H21ClN2O2. The summed E-state index contributed by atoms with van der Waals surface area (Å²) >= 11 is 0. The molecule has 0 spiro atoms. The van der Waals surface area contributed by atoms with Gasteiger partial charge in [-0.15, -0.1) is 12.4 Å². The summed E-state index contributed by atoms with van der Waals surface area (Å²) in [6, 6.07) is 17.4. The van der Waals surface area contributed by atoms with E-state index in [0.29, 0.717) is 6.54 Å². The molecule has 23 heavy (non-hydrogen) atoms. The Morgan fingerprint density at radius 3 is 2.65 bits per heavy atom. The van der Waals surface area contributed by atoms with Crippen molar-refractivity contribution in [3.63, 3.8) is 0 Å². The van der Waals surface area contributed by atoms with E-state index < -0.39 is 0 Å². The minimum Gasteiger partial charge on any atom is -0.457 e. The van der Waals surface area contributed by atoms with Crippen LogP contribution < -0.4 is 15.4 Å². The molecule has 0 aromatic heterocycles. The maximum absolute atomic E-state index is 12.0. The molecule has 1 aliphatic rings. The SMILES string of the molecule is Cl.O=C(NCc1cccc(Oc2ccccc2)c1)C1CCCN1. The third-order valence-corrected chi connectivity index (χ3v) is 3.72. The summed E-state index contributed by atoms with van der Waals surface area (Å²) in [5, 5.41) is 6.17. The van der Waals surface area contributed by atoms with Crippen molar-refractivity contribution in [1.82, 2.24) is 10.6 Å². The third-order valence-electron chi connectivity index (χ3n) is 3.72. The number of hydrogen-bond acceptors (Lipinski definition) is 3. The molecule has 2 aromatic carbocycles. The number of hydrogen-bond donors (Lipinski definition) is 2. The van der Waals surface area contributed by atoms with Crippen LogP contribution in [0.1, 0.15) is 18.4 Å². The predicted molar refractivity (Wildman–Crippen MR) is 93.1 cm³/mol. The lowest BCUT2D eigenvalue weighted by atomic mass is 10.2. The first-order chi connectivity index (χ1) is 10.8. The first-order valence-electron chi connectivity index (χ1n) is 7.64. The summed E-state index contributed by atoms with van der Waals surface area (Å²) in [5.41, 5.74) is 1.03. The number of benzene rings is 2. The quantitative estimate of drug-likeness (QED) is 0.883. The maximum Gasteiger partial charge on any atom is 0.237 e. The first kappa shape index (κ1) is 17.3. The van der Waals surface area contributed by atoms with E-state index in [1.54, 1.807) is 0 Å². The minimum atomic E-state index is -0.0382. The Hall–Kier alpha value is -2.04. The van der Waals surface area contributed by atoms with Crippen molar-refractivity contribution in [2.45, 2.75) is 25.4 Å². The molecule has 1 aliphatic heterocycles. The van der Waals surface area contributed by atoms with Crippen molar-refractivity contribution in [3.05, 3.63) is 60.2 Å². The second-order valence-electron chi connectivity index (χ2n) is 5.43. The average molecular weight is 333 g/mol. The van der Waals surface area contributed by atoms with Crippen LogP contribution in [0.3, 0.4) is 0 Å². The number of para-hydroxylation sites is 1. The number of ether oxygens (including phenoxy) is 1. The third kappa shape index (κ3) is 4.98. The Labute approximate surface area is 142 Å². The zero-order valence-corrected chi connectivity index (χ0v) is 13.6. The molecule has 0 radical (unpaired) electrons. The fraction of sp³-hybridized carbons (Fsp3) is 0.278. The summed E-state index contributed by atoms with van der Waals surface area (Å²) in [7, 11) is 0. The smallest absolute Gasteiger partial charge is 0.237 e. The molecule has 1 amide bonds. The highest BCUT2D eigenvalue weighted by molar-refractivity contribution is 5.85. The molecule has 1 fully saturated rings. The van der Waals surface area contributed by atoms with E-state index in [9.17, 15) is 4.79 Å². The Morgan fingerprint density at radius 2 is 1.91 bits per heavy atom. The first-order valence-corrected chi connectivity index (χ1v) is 7.64. The zero-order valence-electron chi connectivity index (χ0n) is 12.8. The van der Waals surface area contributed by atoms with Crippen LogP contribution in [0.2, 0.25) is 0 Å². The fourth-order valence-electron chi connectivity index (χ4n) is 2.56. The molecule has 1 heterocycles. The van der Waals surface area contributed by atoms with Crippen LogP contribution in [0.5, 0.6) is 11.5 Å². The number of halogens is 1. The van der Waals surface area contributed by atoms with E-state index >= 15 is 0 Å². The number of carbonyl (C=O) groups excluding carboxylic acids is 1. The normalized spacial score (nSPS) is 16.4. The number of rotatable bonds is 5. The standard InChI is InChI=1S/C18H20N2O2.ClH/c21-18(17-10-5-11-19-17)20-13-14-6-4-9-16(12-14)22-15-7-2-1-3-8-15;/h1-4,6-9,12,17,19H,5,10-11,13H2,(H,20,21);1H. The molecule has 3 rings (SSSR count). The van der Waals surface area contributed by atoms with Crippen molar-refractivity contribution < 1.29 is 9.53 Å². The van der Waals surface area contributed by atoms with Crippen LogP contribution >= 0.6 is 12.4 Å². The van der Waals surface area contributed by atoms with E-state index in [-0.39, 0.29) is 24.4 Å². The average Bonchev–Trinajstić information content (AvgIpc) is 3.08. The van der Waals surface area contributed by atoms with E-state index in [1.165, 1.54) is 0 Å². The van der Waals surface area contributed by atoms with E-state index in [1.807, 2.05) is 54.6 Å². The van der Waals surface area contributed by atoms with Crippen LogP contribution in [0.4, 0.5) is 0 Å². The molecule has 0 saturated carbocycles. The second kappa shape index (κ2) is 8.56. The van der Waals surface area contributed by atoms with Gasteiger partial charge >= 0.3 is 0 Å². The molecule has 0 bridgehead atoms. The van der Waals surface area contributed by atoms with Crippen molar-refractivity contribution in [3.8, 4) is 11.5 Å². The molecular weight excluding hydrogens is 312 g/mol. The van der Waals surface area contributed by atoms with Gasteiger partial charge in [-0.05, 0) is 49.2 Å². The highest BCUT2D eigenvalue weighted by Crippen LogP contribution is 2.21. The van der Waals surface area contributed by atoms with Gasteiger partial charge in [-0.2, -0.15) is 0 Å². The molecule has 0 aliphatic carbocycles. The van der Waals surface area contributed by atoms with Gasteiger partial charge in [0.2, 0.25) is 5.91 Å². The Kier molecular flexibility index (Phi) is 6.44. The van der Waals surface area contributed by atoms with Gasteiger partial charge in [-0.25, -0.2) is 0 Å². The van der Waals surface area contributed by atoms with E-state index in [0.717, 1.165) is 36.4 Å². The minimum absolute atomic E-state index is 0. The molecule has 122 valence electrons. The summed E-state index contributed by atoms with van der Waals surface area (Å²) in [4.78, 5) is 12.0. The van der Waals surface area contributed by atoms with Gasteiger partial charge in [0.15, 0.2) is 0 Å². The molecule has 4 nitrogen and oxygen atoms in total. The second-order valence-corrected chi connectivity index (χ2v) is 5.43. The molecule has 2 N–H and O–H groups in total. The van der Waals surface area contributed by atoms with Crippen LogP contribution in [0.25, 0.3) is 0 Å². The molecule has 2 aromatic rings. The van der Waals surface area contributed by atoms with Gasteiger partial charge in [-0.1, -0.05) is 30.3 Å². The fourth-order valence-corrected chi connectivity index (χ4v) is 2.56. The molecule has 1 saturated heterocycles. The zero-order chi connectivity index (χ0) is 15.2. The topological polar surface area (TPSA) is 50.4 Å². The predicted octanol–water partition coefficient (Wildman–Crippen LogP) is 3.27. The van der Waals surface area contributed by atoms with Gasteiger partial charge in [0.05, 0.1) is 6.04 Å². The van der Waals surface area contributed by atoms with Crippen molar-refractivity contribution in [2.75, 3.05) is 6.54 Å². The molecule has 1 atom stereocenters. The lowest BCUT2D eigenvalue weighted by molar-refractivity contribution is -0.122. The summed E-state index contributed by atoms with van der Waals surface area (Å²) in [6.07, 6.45) is 1.99. The highest BCUT2D eigenvalue weighted by atomic mass is 35.5. The van der Waals surface area contributed by atoms with Crippen LogP contribution in [-0.2, 0) is 11.3 Å². The monoisotopic (exact) mass is 332 g/mol. The largest absolute Gasteiger partial charge is 0.457 e. The van der Waals surface area contributed by atoms with Crippen molar-refractivity contribution in [2.24, 2.45) is 0 Å². The van der Waals surface area contributed by atoms with Gasteiger partial charge in [-0.3, -0.25) is 4.79 Å². The Morgan fingerprint density at radius 1 is 1.13 bits per heavy atom. The lowest BCUT2D eigenvalue weighted by Gasteiger charge is -2.12. The highest BCUT2D eigenvalue weighted by Gasteiger charge is 2.21. The van der Waals surface area contributed by atoms with Crippen molar-refractivity contribution in [1.29, 1.82) is 0 Å². The Balaban J connectivity index is 0.00000192. The van der Waals surface area contributed by atoms with Gasteiger partial charge in [0.1, 0.15) is 11.5 Å². The summed E-state index contributed by atoms with van der Waals surface area (Å²) in [5.74, 6) is 1.66. The van der Waals surface area contributed by atoms with Crippen LogP contribution in [-0.4, -0.2) is 18.5 Å². The van der Waals surface area contributed by atoms with Crippen molar-refractivity contribution >= 4 is 18.3 Å². The van der Waals surface area contributed by atoms with E-state index in [2.05, 4.69) is 10.6 Å². The van der Waals surface area contributed by atoms with Gasteiger partial charge < -0.3 is 15.4 Å². The van der Waals surface area contributed by atoms with Crippen LogP contribution in [0, 0.1) is 0 Å². The maximum atomic E-state index is 12.0. The van der Waals surface area contributed by atoms with Crippen LogP contribution in [0.15, 0.2) is 54.6 Å². The molecule has 5 heteroatoms. The summed E-state index contributed by atoms with van der Waals surface area (Å²) < 4.78 is 5.80. The number of nitrogens with one attached hydrogen (secondary N) is 2. The van der Waals surface area contributed by atoms with E-state index in [4.69, 9.17) is 4.74 Å². The van der Waals surface area contributed by atoms with Gasteiger partial charge in [0, 0.05) is 6.54 Å². The number of amides is 1. The molecule has 1 unspecified atom stereocenters. The lowest BCUT2D eigenvalue weighted by Crippen LogP contribution is -2.39. The number of carbonyl (C=O) groups is 1.